The molecule has 0 bridgehead atoms. The lowest BCUT2D eigenvalue weighted by Gasteiger charge is -2.21. The quantitative estimate of drug-likeness (QED) is 0.863. The SMILES string of the molecule is CCc1cc(N(C)Cc2ccc3c(c2)OCCO3)ncn1. The predicted octanol–water partition coefficient (Wildman–Crippen LogP) is 2.45. The van der Waals surface area contributed by atoms with Crippen LogP contribution in [0.2, 0.25) is 0 Å². The molecule has 0 saturated heterocycles. The minimum atomic E-state index is 0.609. The van der Waals surface area contributed by atoms with Crippen LogP contribution in [0.15, 0.2) is 30.6 Å². The molecule has 21 heavy (non-hydrogen) atoms. The number of fused-ring (bicyclic) bond motifs is 1. The molecule has 110 valence electrons. The summed E-state index contributed by atoms with van der Waals surface area (Å²) in [5, 5.41) is 0. The van der Waals surface area contributed by atoms with Crippen LogP contribution < -0.4 is 14.4 Å². The molecule has 0 amide bonds. The lowest BCUT2D eigenvalue weighted by molar-refractivity contribution is 0.171. The lowest BCUT2D eigenvalue weighted by atomic mass is 10.2. The van der Waals surface area contributed by atoms with Crippen molar-refractivity contribution in [2.45, 2.75) is 19.9 Å². The van der Waals surface area contributed by atoms with E-state index in [9.17, 15) is 0 Å². The summed E-state index contributed by atoms with van der Waals surface area (Å²) in [7, 11) is 2.03. The number of aryl methyl sites for hydroxylation is 1. The van der Waals surface area contributed by atoms with Gasteiger partial charge in [0.15, 0.2) is 11.5 Å². The molecule has 5 nitrogen and oxygen atoms in total. The van der Waals surface area contributed by atoms with Gasteiger partial charge in [0.2, 0.25) is 0 Å². The maximum absolute atomic E-state index is 5.62. The lowest BCUT2D eigenvalue weighted by Crippen LogP contribution is -2.19. The number of nitrogens with zero attached hydrogens (tertiary/aromatic N) is 3. The van der Waals surface area contributed by atoms with Crippen LogP contribution in [0.4, 0.5) is 5.82 Å². The van der Waals surface area contributed by atoms with Crippen molar-refractivity contribution in [2.75, 3.05) is 25.2 Å². The van der Waals surface area contributed by atoms with Crippen LogP contribution in [0.3, 0.4) is 0 Å². The van der Waals surface area contributed by atoms with Crippen molar-refractivity contribution >= 4 is 5.82 Å². The molecule has 1 aromatic carbocycles. The van der Waals surface area contributed by atoms with Gasteiger partial charge in [0.1, 0.15) is 25.4 Å². The first-order valence-corrected chi connectivity index (χ1v) is 7.17. The topological polar surface area (TPSA) is 47.5 Å². The summed E-state index contributed by atoms with van der Waals surface area (Å²) in [6.45, 7) is 4.08. The number of benzene rings is 1. The first-order valence-electron chi connectivity index (χ1n) is 7.17. The maximum Gasteiger partial charge on any atom is 0.161 e. The summed E-state index contributed by atoms with van der Waals surface area (Å²) in [4.78, 5) is 10.7. The van der Waals surface area contributed by atoms with E-state index in [0.29, 0.717) is 13.2 Å². The highest BCUT2D eigenvalue weighted by atomic mass is 16.6. The van der Waals surface area contributed by atoms with Gasteiger partial charge in [-0.1, -0.05) is 13.0 Å². The average molecular weight is 285 g/mol. The van der Waals surface area contributed by atoms with Crippen LogP contribution in [0, 0.1) is 0 Å². The van der Waals surface area contributed by atoms with Crippen molar-refractivity contribution in [3.63, 3.8) is 0 Å². The molecule has 0 aliphatic carbocycles. The van der Waals surface area contributed by atoms with Gasteiger partial charge in [-0.05, 0) is 24.1 Å². The Morgan fingerprint density at radius 1 is 1.10 bits per heavy atom. The van der Waals surface area contributed by atoms with Gasteiger partial charge in [-0.15, -0.1) is 0 Å². The second-order valence-corrected chi connectivity index (χ2v) is 5.06. The van der Waals surface area contributed by atoms with Crippen molar-refractivity contribution in [1.82, 2.24) is 9.97 Å². The molecule has 0 fully saturated rings. The van der Waals surface area contributed by atoms with E-state index in [1.54, 1.807) is 6.33 Å². The van der Waals surface area contributed by atoms with Crippen LogP contribution in [-0.4, -0.2) is 30.2 Å². The second kappa shape index (κ2) is 5.99. The smallest absolute Gasteiger partial charge is 0.161 e. The normalized spacial score (nSPS) is 13.0. The van der Waals surface area contributed by atoms with Crippen molar-refractivity contribution in [1.29, 1.82) is 0 Å². The number of anilines is 1. The Kier molecular flexibility index (Phi) is 3.90. The summed E-state index contributed by atoms with van der Waals surface area (Å²) in [5.41, 5.74) is 2.22. The van der Waals surface area contributed by atoms with Gasteiger partial charge in [-0.25, -0.2) is 9.97 Å². The van der Waals surface area contributed by atoms with Gasteiger partial charge in [0.05, 0.1) is 0 Å². The summed E-state index contributed by atoms with van der Waals surface area (Å²) in [5.74, 6) is 2.57. The fourth-order valence-electron chi connectivity index (χ4n) is 2.33. The van der Waals surface area contributed by atoms with Crippen LogP contribution >= 0.6 is 0 Å². The third kappa shape index (κ3) is 3.07. The van der Waals surface area contributed by atoms with Crippen LogP contribution in [0.25, 0.3) is 0 Å². The van der Waals surface area contributed by atoms with Crippen molar-refractivity contribution < 1.29 is 9.47 Å². The Morgan fingerprint density at radius 2 is 1.90 bits per heavy atom. The van der Waals surface area contributed by atoms with E-state index in [-0.39, 0.29) is 0 Å². The molecule has 0 atom stereocenters. The van der Waals surface area contributed by atoms with Gasteiger partial charge >= 0.3 is 0 Å². The molecular weight excluding hydrogens is 266 g/mol. The summed E-state index contributed by atoms with van der Waals surface area (Å²) in [6, 6.07) is 8.09. The molecule has 1 aliphatic rings. The van der Waals surface area contributed by atoms with Crippen LogP contribution in [0.5, 0.6) is 11.5 Å². The minimum Gasteiger partial charge on any atom is -0.486 e. The summed E-state index contributed by atoms with van der Waals surface area (Å²) in [6.07, 6.45) is 2.53. The summed E-state index contributed by atoms with van der Waals surface area (Å²) >= 11 is 0. The van der Waals surface area contributed by atoms with Crippen molar-refractivity contribution in [3.8, 4) is 11.5 Å². The molecule has 3 rings (SSSR count). The molecule has 2 aromatic rings. The zero-order valence-corrected chi connectivity index (χ0v) is 12.4. The van der Waals surface area contributed by atoms with Crippen LogP contribution in [0.1, 0.15) is 18.2 Å². The Morgan fingerprint density at radius 3 is 2.71 bits per heavy atom. The van der Waals surface area contributed by atoms with Crippen LogP contribution in [-0.2, 0) is 13.0 Å². The zero-order chi connectivity index (χ0) is 14.7. The molecule has 1 aliphatic heterocycles. The first kappa shape index (κ1) is 13.7. The van der Waals surface area contributed by atoms with E-state index in [4.69, 9.17) is 9.47 Å². The summed E-state index contributed by atoms with van der Waals surface area (Å²) < 4.78 is 11.2. The highest BCUT2D eigenvalue weighted by molar-refractivity contribution is 5.46. The Bertz CT molecular complexity index is 631. The average Bonchev–Trinajstić information content (AvgIpc) is 2.54. The minimum absolute atomic E-state index is 0.609. The molecule has 5 heteroatoms. The van der Waals surface area contributed by atoms with Gasteiger partial charge in [0, 0.05) is 25.4 Å². The van der Waals surface area contributed by atoms with Gasteiger partial charge in [0.25, 0.3) is 0 Å². The molecule has 0 radical (unpaired) electrons. The van der Waals surface area contributed by atoms with E-state index in [0.717, 1.165) is 36.0 Å². The van der Waals surface area contributed by atoms with E-state index in [1.165, 1.54) is 5.56 Å². The largest absolute Gasteiger partial charge is 0.486 e. The Labute approximate surface area is 124 Å². The number of aromatic nitrogens is 2. The predicted molar refractivity (Wildman–Crippen MR) is 80.9 cm³/mol. The molecule has 1 aromatic heterocycles. The van der Waals surface area contributed by atoms with Crippen molar-refractivity contribution in [3.05, 3.63) is 41.9 Å². The van der Waals surface area contributed by atoms with Crippen molar-refractivity contribution in [2.24, 2.45) is 0 Å². The fraction of sp³-hybridized carbons (Fsp3) is 0.375. The standard InChI is InChI=1S/C16H19N3O2/c1-3-13-9-16(18-11-17-13)19(2)10-12-4-5-14-15(8-12)21-7-6-20-14/h4-5,8-9,11H,3,6-7,10H2,1-2H3. The Hall–Kier alpha value is -2.30. The molecule has 0 unspecified atom stereocenters. The molecular formula is C16H19N3O2. The number of hydrogen-bond acceptors (Lipinski definition) is 5. The second-order valence-electron chi connectivity index (χ2n) is 5.06. The first-order chi connectivity index (χ1) is 10.3. The van der Waals surface area contributed by atoms with E-state index < -0.39 is 0 Å². The molecule has 0 saturated carbocycles. The molecule has 0 spiro atoms. The number of ether oxygens (including phenoxy) is 2. The molecule has 0 N–H and O–H groups in total. The third-order valence-corrected chi connectivity index (χ3v) is 3.49. The highest BCUT2D eigenvalue weighted by Crippen LogP contribution is 2.31. The third-order valence-electron chi connectivity index (χ3n) is 3.49. The van der Waals surface area contributed by atoms with Gasteiger partial charge in [-0.3, -0.25) is 0 Å². The monoisotopic (exact) mass is 285 g/mol. The number of hydrogen-bond donors (Lipinski definition) is 0. The van der Waals surface area contributed by atoms with E-state index in [2.05, 4.69) is 27.9 Å². The highest BCUT2D eigenvalue weighted by Gasteiger charge is 2.13. The fourth-order valence-corrected chi connectivity index (χ4v) is 2.33. The van der Waals surface area contributed by atoms with Gasteiger partial charge in [-0.2, -0.15) is 0 Å². The van der Waals surface area contributed by atoms with Gasteiger partial charge < -0.3 is 14.4 Å². The number of rotatable bonds is 4. The zero-order valence-electron chi connectivity index (χ0n) is 12.4. The van der Waals surface area contributed by atoms with E-state index >= 15 is 0 Å². The maximum atomic E-state index is 5.62. The Balaban J connectivity index is 1.76. The molecule has 2 heterocycles. The van der Waals surface area contributed by atoms with E-state index in [1.807, 2.05) is 25.2 Å².